The average molecular weight is 441 g/mol. The van der Waals surface area contributed by atoms with Crippen LogP contribution in [0, 0.1) is 19.7 Å². The van der Waals surface area contributed by atoms with E-state index in [1.165, 1.54) is 36.4 Å². The highest BCUT2D eigenvalue weighted by molar-refractivity contribution is 7.89. The summed E-state index contributed by atoms with van der Waals surface area (Å²) in [5, 5.41) is 2.78. The van der Waals surface area contributed by atoms with Crippen LogP contribution >= 0.6 is 0 Å². The van der Waals surface area contributed by atoms with Crippen molar-refractivity contribution < 1.29 is 17.6 Å². The smallest absolute Gasteiger partial charge is 0.243 e. The van der Waals surface area contributed by atoms with Gasteiger partial charge in [0.25, 0.3) is 0 Å². The number of nitrogens with zero attached hydrogens (tertiary/aromatic N) is 1. The third-order valence-corrected chi connectivity index (χ3v) is 6.63. The lowest BCUT2D eigenvalue weighted by Gasteiger charge is -2.22. The first-order valence-corrected chi connectivity index (χ1v) is 11.3. The largest absolute Gasteiger partial charge is 0.351 e. The van der Waals surface area contributed by atoms with Gasteiger partial charge in [0.05, 0.1) is 11.4 Å². The molecule has 1 amide bonds. The number of carbonyl (C=O) groups is 1. The molecule has 5 nitrogen and oxygen atoms in total. The van der Waals surface area contributed by atoms with E-state index in [9.17, 15) is 17.6 Å². The molecule has 0 bridgehead atoms. The van der Waals surface area contributed by atoms with Gasteiger partial charge in [0.2, 0.25) is 15.9 Å². The molecule has 0 aliphatic rings. The number of halogens is 1. The number of sulfonamides is 1. The number of benzene rings is 3. The predicted molar refractivity (Wildman–Crippen MR) is 118 cm³/mol. The molecule has 0 fully saturated rings. The second-order valence-electron chi connectivity index (χ2n) is 7.48. The van der Waals surface area contributed by atoms with Crippen molar-refractivity contribution in [1.82, 2.24) is 9.62 Å². The van der Waals surface area contributed by atoms with Crippen molar-refractivity contribution in [3.8, 4) is 0 Å². The maximum Gasteiger partial charge on any atom is 0.243 e. The Kier molecular flexibility index (Phi) is 7.20. The topological polar surface area (TPSA) is 66.5 Å². The molecule has 7 heteroatoms. The van der Waals surface area contributed by atoms with E-state index in [0.717, 1.165) is 21.0 Å². The molecule has 3 aromatic rings. The van der Waals surface area contributed by atoms with Crippen LogP contribution < -0.4 is 5.32 Å². The Labute approximate surface area is 182 Å². The zero-order valence-corrected chi connectivity index (χ0v) is 18.3. The fourth-order valence-electron chi connectivity index (χ4n) is 3.12. The Hall–Kier alpha value is -3.03. The number of carbonyl (C=O) groups excluding carboxylic acids is 1. The molecule has 1 N–H and O–H groups in total. The lowest BCUT2D eigenvalue weighted by atomic mass is 10.1. The minimum Gasteiger partial charge on any atom is -0.351 e. The summed E-state index contributed by atoms with van der Waals surface area (Å²) in [5.74, 6) is -0.827. The SMILES string of the molecule is Cc1ccc(S(=O)(=O)N(CC(=O)NCc2cccc(C)c2)Cc2ccc(F)cc2)cc1. The maximum atomic E-state index is 13.3. The summed E-state index contributed by atoms with van der Waals surface area (Å²) in [6.45, 7) is 3.73. The van der Waals surface area contributed by atoms with Gasteiger partial charge in [0, 0.05) is 13.1 Å². The Morgan fingerprint density at radius 3 is 2.23 bits per heavy atom. The molecule has 0 saturated heterocycles. The molecule has 0 spiro atoms. The number of rotatable bonds is 8. The minimum absolute atomic E-state index is 0.0473. The summed E-state index contributed by atoms with van der Waals surface area (Å²) in [6.07, 6.45) is 0. The van der Waals surface area contributed by atoms with E-state index in [0.29, 0.717) is 12.1 Å². The van der Waals surface area contributed by atoms with Crippen molar-refractivity contribution >= 4 is 15.9 Å². The summed E-state index contributed by atoms with van der Waals surface area (Å²) >= 11 is 0. The van der Waals surface area contributed by atoms with E-state index >= 15 is 0 Å². The van der Waals surface area contributed by atoms with Crippen LogP contribution in [0.4, 0.5) is 4.39 Å². The van der Waals surface area contributed by atoms with E-state index in [2.05, 4.69) is 5.32 Å². The first-order chi connectivity index (χ1) is 14.7. The fraction of sp³-hybridized carbons (Fsp3) is 0.208. The van der Waals surface area contributed by atoms with Crippen molar-refractivity contribution in [1.29, 1.82) is 0 Å². The molecule has 0 aromatic heterocycles. The molecule has 31 heavy (non-hydrogen) atoms. The van der Waals surface area contributed by atoms with Crippen molar-refractivity contribution in [2.45, 2.75) is 31.8 Å². The molecule has 0 aliphatic heterocycles. The lowest BCUT2D eigenvalue weighted by molar-refractivity contribution is -0.121. The maximum absolute atomic E-state index is 13.3. The van der Waals surface area contributed by atoms with Gasteiger partial charge in [-0.1, -0.05) is 59.7 Å². The standard InChI is InChI=1S/C24H25FN2O3S/c1-18-6-12-23(13-7-18)31(29,30)27(16-20-8-10-22(25)11-9-20)17-24(28)26-15-21-5-3-4-19(2)14-21/h3-14H,15-17H2,1-2H3,(H,26,28). The number of hydrogen-bond donors (Lipinski definition) is 1. The number of nitrogens with one attached hydrogen (secondary N) is 1. The van der Waals surface area contributed by atoms with Crippen molar-refractivity contribution in [2.75, 3.05) is 6.54 Å². The van der Waals surface area contributed by atoms with E-state index in [4.69, 9.17) is 0 Å². The molecule has 3 aromatic carbocycles. The lowest BCUT2D eigenvalue weighted by Crippen LogP contribution is -2.40. The third-order valence-electron chi connectivity index (χ3n) is 4.82. The molecule has 0 aliphatic carbocycles. The van der Waals surface area contributed by atoms with Crippen molar-refractivity contribution in [3.63, 3.8) is 0 Å². The molecule has 0 radical (unpaired) electrons. The normalized spacial score (nSPS) is 11.5. The molecular formula is C24H25FN2O3S. The highest BCUT2D eigenvalue weighted by Crippen LogP contribution is 2.19. The predicted octanol–water partition coefficient (Wildman–Crippen LogP) is 3.95. The number of hydrogen-bond acceptors (Lipinski definition) is 3. The van der Waals surface area contributed by atoms with Gasteiger partial charge >= 0.3 is 0 Å². The van der Waals surface area contributed by atoms with Crippen LogP contribution in [0.25, 0.3) is 0 Å². The summed E-state index contributed by atoms with van der Waals surface area (Å²) in [5.41, 5.74) is 3.52. The molecule has 0 unspecified atom stereocenters. The Morgan fingerprint density at radius 2 is 1.58 bits per heavy atom. The monoisotopic (exact) mass is 440 g/mol. The van der Waals surface area contributed by atoms with Gasteiger partial charge in [-0.25, -0.2) is 12.8 Å². The minimum atomic E-state index is -3.93. The first-order valence-electron chi connectivity index (χ1n) is 9.87. The van der Waals surface area contributed by atoms with Crippen molar-refractivity contribution in [3.05, 3.63) is 101 Å². The zero-order chi connectivity index (χ0) is 22.4. The van der Waals surface area contributed by atoms with Crippen LogP contribution in [-0.2, 0) is 27.9 Å². The van der Waals surface area contributed by atoms with Crippen LogP contribution in [0.1, 0.15) is 22.3 Å². The van der Waals surface area contributed by atoms with Gasteiger partial charge in [-0.15, -0.1) is 0 Å². The summed E-state index contributed by atoms with van der Waals surface area (Å²) in [4.78, 5) is 12.7. The van der Waals surface area contributed by atoms with Gasteiger partial charge in [0.1, 0.15) is 5.82 Å². The molecule has 162 valence electrons. The van der Waals surface area contributed by atoms with Crippen LogP contribution in [-0.4, -0.2) is 25.2 Å². The highest BCUT2D eigenvalue weighted by atomic mass is 32.2. The van der Waals surface area contributed by atoms with Crippen LogP contribution in [0.2, 0.25) is 0 Å². The molecule has 3 rings (SSSR count). The molecule has 0 heterocycles. The number of aryl methyl sites for hydroxylation is 2. The highest BCUT2D eigenvalue weighted by Gasteiger charge is 2.27. The van der Waals surface area contributed by atoms with Gasteiger partial charge in [-0.2, -0.15) is 4.31 Å². The van der Waals surface area contributed by atoms with Crippen LogP contribution in [0.3, 0.4) is 0 Å². The third kappa shape index (κ3) is 6.23. The van der Waals surface area contributed by atoms with E-state index < -0.39 is 21.7 Å². The second-order valence-corrected chi connectivity index (χ2v) is 9.42. The molecule has 0 atom stereocenters. The Balaban J connectivity index is 1.79. The van der Waals surface area contributed by atoms with Gasteiger partial charge in [0.15, 0.2) is 0 Å². The number of amides is 1. The van der Waals surface area contributed by atoms with Crippen LogP contribution in [0.5, 0.6) is 0 Å². The Morgan fingerprint density at radius 1 is 0.903 bits per heavy atom. The quantitative estimate of drug-likeness (QED) is 0.577. The van der Waals surface area contributed by atoms with E-state index in [1.807, 2.05) is 38.1 Å². The summed E-state index contributed by atoms with van der Waals surface area (Å²) in [6, 6.07) is 19.7. The van der Waals surface area contributed by atoms with Crippen molar-refractivity contribution in [2.24, 2.45) is 0 Å². The van der Waals surface area contributed by atoms with Gasteiger partial charge in [-0.05, 0) is 49.2 Å². The summed E-state index contributed by atoms with van der Waals surface area (Å²) in [7, 11) is -3.93. The van der Waals surface area contributed by atoms with E-state index in [-0.39, 0.29) is 18.0 Å². The second kappa shape index (κ2) is 9.85. The van der Waals surface area contributed by atoms with Gasteiger partial charge in [-0.3, -0.25) is 4.79 Å². The van der Waals surface area contributed by atoms with Gasteiger partial charge < -0.3 is 5.32 Å². The summed E-state index contributed by atoms with van der Waals surface area (Å²) < 4.78 is 40.9. The van der Waals surface area contributed by atoms with Crippen LogP contribution in [0.15, 0.2) is 77.7 Å². The first kappa shape index (κ1) is 22.7. The average Bonchev–Trinajstić information content (AvgIpc) is 2.74. The molecular weight excluding hydrogens is 415 g/mol. The fourth-order valence-corrected chi connectivity index (χ4v) is 4.50. The zero-order valence-electron chi connectivity index (χ0n) is 17.5. The molecule has 0 saturated carbocycles. The van der Waals surface area contributed by atoms with E-state index in [1.54, 1.807) is 12.1 Å². The Bertz CT molecular complexity index is 1140.